The van der Waals surface area contributed by atoms with Crippen LogP contribution in [0.15, 0.2) is 67.1 Å². The molecule has 0 aliphatic carbocycles. The minimum absolute atomic E-state index is 0.0850. The third-order valence-electron chi connectivity index (χ3n) is 3.92. The minimum Gasteiger partial charge on any atom is -0.333 e. The number of aromatic nitrogens is 3. The summed E-state index contributed by atoms with van der Waals surface area (Å²) in [6, 6.07) is 15.7. The maximum absolute atomic E-state index is 12.9. The molecule has 1 amide bonds. The maximum Gasteiger partial charge on any atom is 0.272 e. The first-order valence-electron chi connectivity index (χ1n) is 8.24. The van der Waals surface area contributed by atoms with E-state index in [9.17, 15) is 4.79 Å². The van der Waals surface area contributed by atoms with Crippen molar-refractivity contribution in [3.63, 3.8) is 0 Å². The van der Waals surface area contributed by atoms with E-state index in [1.54, 1.807) is 31.6 Å². The summed E-state index contributed by atoms with van der Waals surface area (Å²) in [5.41, 5.74) is 2.67. The molecule has 0 unspecified atom stereocenters. The van der Waals surface area contributed by atoms with E-state index in [-0.39, 0.29) is 5.91 Å². The lowest BCUT2D eigenvalue weighted by molar-refractivity contribution is 0.0738. The Labute approximate surface area is 147 Å². The molecule has 2 heterocycles. The van der Waals surface area contributed by atoms with Crippen LogP contribution in [0, 0.1) is 6.92 Å². The number of hydrogen-bond donors (Lipinski definition) is 0. The summed E-state index contributed by atoms with van der Waals surface area (Å²) in [6.45, 7) is 2.93. The molecular formula is C20H20N4O. The number of pyridine rings is 1. The molecular weight excluding hydrogens is 312 g/mol. The normalized spacial score (nSPS) is 10.4. The van der Waals surface area contributed by atoms with E-state index in [4.69, 9.17) is 0 Å². The molecule has 0 fully saturated rings. The molecule has 0 atom stereocenters. The molecule has 3 rings (SSSR count). The molecule has 126 valence electrons. The Bertz CT molecular complexity index is 821. The molecule has 5 nitrogen and oxygen atoms in total. The van der Waals surface area contributed by atoms with Crippen LogP contribution in [0.5, 0.6) is 0 Å². The Morgan fingerprint density at radius 2 is 1.72 bits per heavy atom. The highest BCUT2D eigenvalue weighted by atomic mass is 16.2. The van der Waals surface area contributed by atoms with Gasteiger partial charge in [-0.1, -0.05) is 30.3 Å². The van der Waals surface area contributed by atoms with Gasteiger partial charge in [-0.3, -0.25) is 9.78 Å². The zero-order valence-electron chi connectivity index (χ0n) is 14.2. The highest BCUT2D eigenvalue weighted by Gasteiger charge is 2.17. The van der Waals surface area contributed by atoms with Crippen molar-refractivity contribution in [3.8, 4) is 0 Å². The highest BCUT2D eigenvalue weighted by Crippen LogP contribution is 2.10. The van der Waals surface area contributed by atoms with Gasteiger partial charge >= 0.3 is 0 Å². The van der Waals surface area contributed by atoms with Crippen LogP contribution < -0.4 is 0 Å². The van der Waals surface area contributed by atoms with Crippen molar-refractivity contribution in [3.05, 3.63) is 89.8 Å². The summed E-state index contributed by atoms with van der Waals surface area (Å²) in [5, 5.41) is 0. The lowest BCUT2D eigenvalue weighted by Crippen LogP contribution is -2.33. The zero-order chi connectivity index (χ0) is 17.5. The Kier molecular flexibility index (Phi) is 5.46. The van der Waals surface area contributed by atoms with E-state index in [1.807, 2.05) is 35.2 Å². The van der Waals surface area contributed by atoms with Crippen molar-refractivity contribution in [1.29, 1.82) is 0 Å². The maximum atomic E-state index is 12.9. The largest absolute Gasteiger partial charge is 0.333 e. The number of nitrogens with zero attached hydrogens (tertiary/aromatic N) is 4. The van der Waals surface area contributed by atoms with Gasteiger partial charge in [-0.2, -0.15) is 0 Å². The van der Waals surface area contributed by atoms with Crippen LogP contribution in [-0.2, 0) is 13.0 Å². The Balaban J connectivity index is 1.79. The van der Waals surface area contributed by atoms with Gasteiger partial charge in [-0.25, -0.2) is 9.97 Å². The topological polar surface area (TPSA) is 59.0 Å². The van der Waals surface area contributed by atoms with Gasteiger partial charge in [0.25, 0.3) is 5.91 Å². The smallest absolute Gasteiger partial charge is 0.272 e. The Morgan fingerprint density at radius 3 is 2.44 bits per heavy atom. The molecule has 0 aliphatic rings. The molecule has 5 heteroatoms. The highest BCUT2D eigenvalue weighted by molar-refractivity contribution is 5.92. The van der Waals surface area contributed by atoms with Gasteiger partial charge in [0.2, 0.25) is 0 Å². The summed E-state index contributed by atoms with van der Waals surface area (Å²) in [5.74, 6) is 0.510. The summed E-state index contributed by atoms with van der Waals surface area (Å²) in [4.78, 5) is 27.1. The fraction of sp³-hybridized carbons (Fsp3) is 0.200. The summed E-state index contributed by atoms with van der Waals surface area (Å²) < 4.78 is 0. The van der Waals surface area contributed by atoms with Crippen molar-refractivity contribution >= 4 is 5.91 Å². The Morgan fingerprint density at radius 1 is 0.960 bits per heavy atom. The van der Waals surface area contributed by atoms with Gasteiger partial charge < -0.3 is 4.90 Å². The standard InChI is InChI=1S/C20H20N4O/c1-16-22-13-9-19(23-16)20(25)24(15-18-7-11-21-12-8-18)14-10-17-5-3-2-4-6-17/h2-9,11-13H,10,14-15H2,1H3. The second-order valence-corrected chi connectivity index (χ2v) is 5.81. The molecule has 3 aromatic rings. The molecule has 1 aromatic carbocycles. The van der Waals surface area contributed by atoms with E-state index in [0.29, 0.717) is 24.6 Å². The van der Waals surface area contributed by atoms with Crippen LogP contribution in [-0.4, -0.2) is 32.3 Å². The fourth-order valence-corrected chi connectivity index (χ4v) is 2.61. The molecule has 0 saturated heterocycles. The summed E-state index contributed by atoms with van der Waals surface area (Å²) in [6.07, 6.45) is 5.90. The van der Waals surface area contributed by atoms with Gasteiger partial charge in [-0.05, 0) is 42.7 Å². The molecule has 0 radical (unpaired) electrons. The molecule has 0 aliphatic heterocycles. The number of amides is 1. The van der Waals surface area contributed by atoms with E-state index in [1.165, 1.54) is 5.56 Å². The van der Waals surface area contributed by atoms with Crippen LogP contribution >= 0.6 is 0 Å². The van der Waals surface area contributed by atoms with Crippen LogP contribution in [0.1, 0.15) is 27.4 Å². The van der Waals surface area contributed by atoms with Gasteiger partial charge in [0.15, 0.2) is 0 Å². The van der Waals surface area contributed by atoms with Crippen molar-refractivity contribution in [2.24, 2.45) is 0 Å². The van der Waals surface area contributed by atoms with Gasteiger partial charge in [-0.15, -0.1) is 0 Å². The van der Waals surface area contributed by atoms with Crippen molar-refractivity contribution in [2.75, 3.05) is 6.54 Å². The van der Waals surface area contributed by atoms with Crippen LogP contribution in [0.4, 0.5) is 0 Å². The predicted octanol–water partition coefficient (Wildman–Crippen LogP) is 3.07. The SMILES string of the molecule is Cc1nccc(C(=O)N(CCc2ccccc2)Cc2ccncc2)n1. The van der Waals surface area contributed by atoms with Gasteiger partial charge in [0.1, 0.15) is 11.5 Å². The van der Waals surface area contributed by atoms with E-state index in [2.05, 4.69) is 27.1 Å². The van der Waals surface area contributed by atoms with E-state index < -0.39 is 0 Å². The minimum atomic E-state index is -0.0850. The first kappa shape index (κ1) is 16.8. The summed E-state index contributed by atoms with van der Waals surface area (Å²) in [7, 11) is 0. The van der Waals surface area contributed by atoms with E-state index >= 15 is 0 Å². The number of rotatable bonds is 6. The average molecular weight is 332 g/mol. The third-order valence-corrected chi connectivity index (χ3v) is 3.92. The van der Waals surface area contributed by atoms with Crippen LogP contribution in [0.3, 0.4) is 0 Å². The molecule has 0 saturated carbocycles. The average Bonchev–Trinajstić information content (AvgIpc) is 2.66. The third kappa shape index (κ3) is 4.70. The monoisotopic (exact) mass is 332 g/mol. The molecule has 0 bridgehead atoms. The second-order valence-electron chi connectivity index (χ2n) is 5.81. The predicted molar refractivity (Wildman–Crippen MR) is 95.9 cm³/mol. The Hall–Kier alpha value is -3.08. The quantitative estimate of drug-likeness (QED) is 0.696. The first-order valence-corrected chi connectivity index (χ1v) is 8.24. The number of aryl methyl sites for hydroxylation is 1. The lowest BCUT2D eigenvalue weighted by atomic mass is 10.1. The number of hydrogen-bond acceptors (Lipinski definition) is 4. The van der Waals surface area contributed by atoms with E-state index in [0.717, 1.165) is 12.0 Å². The number of carbonyl (C=O) groups is 1. The van der Waals surface area contributed by atoms with Crippen molar-refractivity contribution in [1.82, 2.24) is 19.9 Å². The van der Waals surface area contributed by atoms with Gasteiger partial charge in [0, 0.05) is 31.7 Å². The lowest BCUT2D eigenvalue weighted by Gasteiger charge is -2.22. The molecule has 2 aromatic heterocycles. The number of benzene rings is 1. The number of carbonyl (C=O) groups excluding carboxylic acids is 1. The fourth-order valence-electron chi connectivity index (χ4n) is 2.61. The molecule has 25 heavy (non-hydrogen) atoms. The zero-order valence-corrected chi connectivity index (χ0v) is 14.2. The first-order chi connectivity index (χ1) is 12.2. The van der Waals surface area contributed by atoms with Crippen LogP contribution in [0.2, 0.25) is 0 Å². The second kappa shape index (κ2) is 8.15. The van der Waals surface area contributed by atoms with Gasteiger partial charge in [0.05, 0.1) is 0 Å². The summed E-state index contributed by atoms with van der Waals surface area (Å²) >= 11 is 0. The molecule has 0 N–H and O–H groups in total. The molecule has 0 spiro atoms. The van der Waals surface area contributed by atoms with Crippen molar-refractivity contribution in [2.45, 2.75) is 19.9 Å². The van der Waals surface area contributed by atoms with Crippen molar-refractivity contribution < 1.29 is 4.79 Å². The van der Waals surface area contributed by atoms with Crippen LogP contribution in [0.25, 0.3) is 0 Å².